The second-order valence-corrected chi connectivity index (χ2v) is 5.75. The summed E-state index contributed by atoms with van der Waals surface area (Å²) in [4.78, 5) is 25.8. The minimum Gasteiger partial charge on any atom is -0.471 e. The zero-order valence-electron chi connectivity index (χ0n) is 13.5. The number of carbonyl (C=O) groups is 1. The molecule has 0 aromatic carbocycles. The maximum Gasteiger partial charge on any atom is 0.267 e. The molecule has 3 heterocycles. The van der Waals surface area contributed by atoms with E-state index in [1.54, 1.807) is 17.0 Å². The Bertz CT molecular complexity index is 759. The van der Waals surface area contributed by atoms with Gasteiger partial charge < -0.3 is 9.64 Å². The molecule has 2 aromatic heterocycles. The van der Waals surface area contributed by atoms with Gasteiger partial charge in [0.25, 0.3) is 5.56 Å². The first-order valence-electron chi connectivity index (χ1n) is 7.89. The first kappa shape index (κ1) is 16.1. The number of nitrogens with zero attached hydrogens (tertiary/aromatic N) is 5. The van der Waals surface area contributed by atoms with Crippen molar-refractivity contribution in [3.63, 3.8) is 0 Å². The first-order chi connectivity index (χ1) is 11.6. The van der Waals surface area contributed by atoms with Crippen molar-refractivity contribution in [3.8, 4) is 5.88 Å². The smallest absolute Gasteiger partial charge is 0.267 e. The minimum absolute atomic E-state index is 0.0588. The minimum atomic E-state index is -0.286. The third-order valence-electron chi connectivity index (χ3n) is 3.86. The maximum atomic E-state index is 12.4. The number of hydrogen-bond acceptors (Lipinski definition) is 6. The molecule has 0 radical (unpaired) electrons. The van der Waals surface area contributed by atoms with Crippen molar-refractivity contribution in [1.82, 2.24) is 24.9 Å². The Morgan fingerprint density at radius 2 is 2.21 bits per heavy atom. The molecule has 3 rings (SSSR count). The van der Waals surface area contributed by atoms with Crippen molar-refractivity contribution in [2.75, 3.05) is 13.1 Å². The van der Waals surface area contributed by atoms with Gasteiger partial charge in [-0.05, 0) is 31.9 Å². The number of likely N-dealkylation sites (tertiary alicyclic amines) is 1. The van der Waals surface area contributed by atoms with E-state index in [-0.39, 0.29) is 24.1 Å². The summed E-state index contributed by atoms with van der Waals surface area (Å²) in [7, 11) is 0. The van der Waals surface area contributed by atoms with Crippen LogP contribution in [0.25, 0.3) is 0 Å². The monoisotopic (exact) mass is 329 g/mol. The maximum absolute atomic E-state index is 12.4. The highest BCUT2D eigenvalue weighted by atomic mass is 16.5. The fourth-order valence-electron chi connectivity index (χ4n) is 2.62. The lowest BCUT2D eigenvalue weighted by molar-refractivity contribution is -0.134. The fourth-order valence-corrected chi connectivity index (χ4v) is 2.62. The number of carbonyl (C=O) groups excluding carboxylic acids is 1. The molecule has 1 unspecified atom stereocenters. The second kappa shape index (κ2) is 7.20. The number of ether oxygens (including phenoxy) is 1. The van der Waals surface area contributed by atoms with E-state index < -0.39 is 0 Å². The van der Waals surface area contributed by atoms with Crippen molar-refractivity contribution in [2.45, 2.75) is 32.4 Å². The number of hydrogen-bond donors (Lipinski definition) is 0. The molecule has 1 atom stereocenters. The zero-order valence-corrected chi connectivity index (χ0v) is 13.5. The van der Waals surface area contributed by atoms with Gasteiger partial charge in [-0.2, -0.15) is 10.2 Å². The second-order valence-electron chi connectivity index (χ2n) is 5.75. The third-order valence-corrected chi connectivity index (χ3v) is 3.86. The predicted octanol–water partition coefficient (Wildman–Crippen LogP) is 0.412. The van der Waals surface area contributed by atoms with E-state index in [0.29, 0.717) is 19.0 Å². The van der Waals surface area contributed by atoms with Crippen molar-refractivity contribution in [1.29, 1.82) is 0 Å². The van der Waals surface area contributed by atoms with Gasteiger partial charge in [0.15, 0.2) is 0 Å². The fraction of sp³-hybridized carbons (Fsp3) is 0.438. The van der Waals surface area contributed by atoms with E-state index in [1.807, 2.05) is 13.0 Å². The summed E-state index contributed by atoms with van der Waals surface area (Å²) in [5.74, 6) is 0.319. The van der Waals surface area contributed by atoms with Gasteiger partial charge in [0, 0.05) is 24.9 Å². The van der Waals surface area contributed by atoms with Crippen LogP contribution < -0.4 is 10.3 Å². The topological polar surface area (TPSA) is 90.2 Å². The molecular weight excluding hydrogens is 310 g/mol. The Kier molecular flexibility index (Phi) is 4.83. The Morgan fingerprint density at radius 1 is 1.33 bits per heavy atom. The molecule has 0 saturated carbocycles. The quantitative estimate of drug-likeness (QED) is 0.807. The molecular formula is C16H19N5O3. The molecule has 1 saturated heterocycles. The van der Waals surface area contributed by atoms with E-state index in [1.165, 1.54) is 12.3 Å². The number of amides is 1. The van der Waals surface area contributed by atoms with Gasteiger partial charge in [0.05, 0.1) is 12.2 Å². The van der Waals surface area contributed by atoms with Crippen LogP contribution in [0.4, 0.5) is 0 Å². The van der Waals surface area contributed by atoms with E-state index >= 15 is 0 Å². The molecule has 0 bridgehead atoms. The standard InChI is InChI=1S/C16H19N5O3/c1-12-6-7-14(19-18-12)24-13-4-3-9-20(10-13)16(23)11-21-15(22)5-2-8-17-21/h2,5-8,13H,3-4,9-11H2,1H3. The molecule has 1 fully saturated rings. The van der Waals surface area contributed by atoms with Crippen LogP contribution in [-0.4, -0.2) is 50.0 Å². The summed E-state index contributed by atoms with van der Waals surface area (Å²) in [5.41, 5.74) is 0.536. The Labute approximate surface area is 139 Å². The molecule has 0 aliphatic carbocycles. The SMILES string of the molecule is Cc1ccc(OC2CCCN(C(=O)Cn3ncccc3=O)C2)nn1. The molecule has 0 spiro atoms. The summed E-state index contributed by atoms with van der Waals surface area (Å²) < 4.78 is 6.98. The van der Waals surface area contributed by atoms with Gasteiger partial charge in [-0.3, -0.25) is 9.59 Å². The van der Waals surface area contributed by atoms with Crippen LogP contribution in [0, 0.1) is 6.92 Å². The van der Waals surface area contributed by atoms with Crippen LogP contribution in [-0.2, 0) is 11.3 Å². The highest BCUT2D eigenvalue weighted by molar-refractivity contribution is 5.76. The van der Waals surface area contributed by atoms with E-state index in [4.69, 9.17) is 4.74 Å². The van der Waals surface area contributed by atoms with Gasteiger partial charge >= 0.3 is 0 Å². The van der Waals surface area contributed by atoms with Crippen LogP contribution in [0.15, 0.2) is 35.3 Å². The van der Waals surface area contributed by atoms with Crippen molar-refractivity contribution in [2.24, 2.45) is 0 Å². The van der Waals surface area contributed by atoms with Crippen LogP contribution >= 0.6 is 0 Å². The molecule has 1 aliphatic heterocycles. The molecule has 8 heteroatoms. The Morgan fingerprint density at radius 3 is 2.96 bits per heavy atom. The number of piperidine rings is 1. The van der Waals surface area contributed by atoms with Crippen LogP contribution in [0.3, 0.4) is 0 Å². The molecule has 2 aromatic rings. The predicted molar refractivity (Wildman–Crippen MR) is 85.5 cm³/mol. The van der Waals surface area contributed by atoms with E-state index in [0.717, 1.165) is 23.2 Å². The zero-order chi connectivity index (χ0) is 16.9. The number of rotatable bonds is 4. The average Bonchev–Trinajstić information content (AvgIpc) is 2.59. The van der Waals surface area contributed by atoms with E-state index in [9.17, 15) is 9.59 Å². The molecule has 24 heavy (non-hydrogen) atoms. The van der Waals surface area contributed by atoms with Gasteiger partial charge in [-0.15, -0.1) is 5.10 Å². The lowest BCUT2D eigenvalue weighted by atomic mass is 10.1. The number of aryl methyl sites for hydroxylation is 1. The molecule has 1 aliphatic rings. The molecule has 126 valence electrons. The average molecular weight is 329 g/mol. The molecule has 1 amide bonds. The summed E-state index contributed by atoms with van der Waals surface area (Å²) in [6.07, 6.45) is 3.06. The molecule has 0 N–H and O–H groups in total. The van der Waals surface area contributed by atoms with Gasteiger partial charge in [-0.25, -0.2) is 4.68 Å². The summed E-state index contributed by atoms with van der Waals surface area (Å²) in [5, 5.41) is 11.9. The molecule has 8 nitrogen and oxygen atoms in total. The van der Waals surface area contributed by atoms with Crippen LogP contribution in [0.1, 0.15) is 18.5 Å². The Balaban J connectivity index is 1.60. The van der Waals surface area contributed by atoms with Gasteiger partial charge in [-0.1, -0.05) is 0 Å². The largest absolute Gasteiger partial charge is 0.471 e. The summed E-state index contributed by atoms with van der Waals surface area (Å²) >= 11 is 0. The summed E-state index contributed by atoms with van der Waals surface area (Å²) in [6.45, 7) is 2.92. The summed E-state index contributed by atoms with van der Waals surface area (Å²) in [6, 6.07) is 6.55. The highest BCUT2D eigenvalue weighted by Gasteiger charge is 2.25. The van der Waals surface area contributed by atoms with E-state index in [2.05, 4.69) is 15.3 Å². The van der Waals surface area contributed by atoms with Crippen molar-refractivity contribution >= 4 is 5.91 Å². The lowest BCUT2D eigenvalue weighted by Gasteiger charge is -2.32. The lowest BCUT2D eigenvalue weighted by Crippen LogP contribution is -2.46. The van der Waals surface area contributed by atoms with Gasteiger partial charge in [0.2, 0.25) is 11.8 Å². The third kappa shape index (κ3) is 3.95. The van der Waals surface area contributed by atoms with Crippen LogP contribution in [0.5, 0.6) is 5.88 Å². The van der Waals surface area contributed by atoms with Crippen LogP contribution in [0.2, 0.25) is 0 Å². The number of aromatic nitrogens is 4. The normalized spacial score (nSPS) is 17.5. The van der Waals surface area contributed by atoms with Crippen molar-refractivity contribution < 1.29 is 9.53 Å². The Hall–Kier alpha value is -2.77. The van der Waals surface area contributed by atoms with Crippen molar-refractivity contribution in [3.05, 3.63) is 46.5 Å². The highest BCUT2D eigenvalue weighted by Crippen LogP contribution is 2.16. The first-order valence-corrected chi connectivity index (χ1v) is 7.89. The van der Waals surface area contributed by atoms with Gasteiger partial charge in [0.1, 0.15) is 12.6 Å².